The van der Waals surface area contributed by atoms with E-state index in [0.717, 1.165) is 0 Å². The van der Waals surface area contributed by atoms with Gasteiger partial charge in [0, 0.05) is 19.1 Å². The summed E-state index contributed by atoms with van der Waals surface area (Å²) in [6, 6.07) is 3.63. The van der Waals surface area contributed by atoms with E-state index in [1.54, 1.807) is 4.90 Å². The summed E-state index contributed by atoms with van der Waals surface area (Å²) >= 11 is 0. The Bertz CT molecular complexity index is 542. The second kappa shape index (κ2) is 6.43. The van der Waals surface area contributed by atoms with E-state index in [9.17, 15) is 14.0 Å². The molecule has 0 spiro atoms. The minimum Gasteiger partial charge on any atom is -0.465 e. The molecule has 1 saturated heterocycles. The van der Waals surface area contributed by atoms with Crippen molar-refractivity contribution in [3.63, 3.8) is 0 Å². The Hall–Kier alpha value is -2.31. The number of nitrogens with zero attached hydrogens (tertiary/aromatic N) is 1. The first-order chi connectivity index (χ1) is 10.0. The average molecular weight is 295 g/mol. The molecule has 1 aliphatic heterocycles. The number of carbonyl (C=O) groups is 2. The van der Waals surface area contributed by atoms with E-state index in [-0.39, 0.29) is 17.3 Å². The van der Waals surface area contributed by atoms with Crippen molar-refractivity contribution in [3.8, 4) is 0 Å². The van der Waals surface area contributed by atoms with Crippen LogP contribution in [0.2, 0.25) is 0 Å². The molecule has 7 heteroatoms. The van der Waals surface area contributed by atoms with Gasteiger partial charge in [0.1, 0.15) is 5.82 Å². The van der Waals surface area contributed by atoms with Crippen LogP contribution in [0.1, 0.15) is 23.2 Å². The summed E-state index contributed by atoms with van der Waals surface area (Å²) in [5, 5.41) is 3.07. The topological polar surface area (TPSA) is 84.7 Å². The highest BCUT2D eigenvalue weighted by atomic mass is 19.1. The van der Waals surface area contributed by atoms with Crippen LogP contribution in [0.5, 0.6) is 0 Å². The highest BCUT2D eigenvalue weighted by Crippen LogP contribution is 2.21. The molecule has 6 nitrogen and oxygen atoms in total. The maximum absolute atomic E-state index is 13.8. The monoisotopic (exact) mass is 295 g/mol. The molecular formula is C14H18FN3O3. The van der Waals surface area contributed by atoms with Crippen LogP contribution < -0.4 is 11.1 Å². The molecule has 0 bridgehead atoms. The average Bonchev–Trinajstić information content (AvgIpc) is 2.49. The van der Waals surface area contributed by atoms with Gasteiger partial charge in [-0.3, -0.25) is 0 Å². The van der Waals surface area contributed by atoms with Crippen LogP contribution in [0.4, 0.5) is 14.9 Å². The number of piperidine rings is 1. The van der Waals surface area contributed by atoms with Crippen LogP contribution in [0.15, 0.2) is 18.2 Å². The summed E-state index contributed by atoms with van der Waals surface area (Å²) in [6.45, 7) is 1.07. The maximum atomic E-state index is 13.8. The van der Waals surface area contributed by atoms with Gasteiger partial charge in [0.25, 0.3) is 0 Å². The van der Waals surface area contributed by atoms with Gasteiger partial charge in [0.2, 0.25) is 0 Å². The normalized spacial score (nSPS) is 15.6. The molecule has 0 aromatic heterocycles. The Morgan fingerprint density at radius 3 is 2.62 bits per heavy atom. The van der Waals surface area contributed by atoms with Crippen LogP contribution in [0.25, 0.3) is 0 Å². The number of halogens is 1. The molecule has 0 aliphatic carbocycles. The van der Waals surface area contributed by atoms with Crippen LogP contribution >= 0.6 is 0 Å². The quantitative estimate of drug-likeness (QED) is 0.829. The molecule has 1 aromatic rings. The highest BCUT2D eigenvalue weighted by molar-refractivity contribution is 5.90. The van der Waals surface area contributed by atoms with Gasteiger partial charge in [-0.1, -0.05) is 0 Å². The van der Waals surface area contributed by atoms with E-state index in [2.05, 4.69) is 10.1 Å². The van der Waals surface area contributed by atoms with Crippen molar-refractivity contribution in [2.45, 2.75) is 18.9 Å². The number of nitrogens with one attached hydrogen (secondary N) is 1. The van der Waals surface area contributed by atoms with Gasteiger partial charge in [-0.15, -0.1) is 0 Å². The van der Waals surface area contributed by atoms with E-state index < -0.39 is 17.8 Å². The number of carbonyl (C=O) groups excluding carboxylic acids is 2. The number of amides is 2. The zero-order valence-corrected chi connectivity index (χ0v) is 11.8. The van der Waals surface area contributed by atoms with Crippen LogP contribution in [-0.2, 0) is 4.74 Å². The Morgan fingerprint density at radius 2 is 2.05 bits per heavy atom. The third-order valence-corrected chi connectivity index (χ3v) is 3.55. The fraction of sp³-hybridized carbons (Fsp3) is 0.429. The molecule has 3 N–H and O–H groups in total. The van der Waals surface area contributed by atoms with Crippen molar-refractivity contribution < 1.29 is 18.7 Å². The summed E-state index contributed by atoms with van der Waals surface area (Å²) in [6.07, 6.45) is 1.34. The molecule has 0 radical (unpaired) electrons. The first kappa shape index (κ1) is 15.1. The lowest BCUT2D eigenvalue weighted by Crippen LogP contribution is -2.44. The lowest BCUT2D eigenvalue weighted by atomic mass is 10.0. The second-order valence-electron chi connectivity index (χ2n) is 4.93. The van der Waals surface area contributed by atoms with Gasteiger partial charge in [-0.2, -0.15) is 0 Å². The number of benzene rings is 1. The van der Waals surface area contributed by atoms with Crippen LogP contribution in [0.3, 0.4) is 0 Å². The smallest absolute Gasteiger partial charge is 0.337 e. The standard InChI is InChI=1S/C14H18FN3O3/c1-21-13(19)9-2-3-11(15)12(8-9)17-10-4-6-18(7-5-10)14(16)20/h2-3,8,10,17H,4-7H2,1H3,(H2,16,20). The SMILES string of the molecule is COC(=O)c1ccc(F)c(NC2CCN(C(N)=O)CC2)c1. The fourth-order valence-corrected chi connectivity index (χ4v) is 2.34. The molecule has 2 rings (SSSR count). The van der Waals surface area contributed by atoms with Crippen molar-refractivity contribution in [1.29, 1.82) is 0 Å². The number of methoxy groups -OCH3 is 1. The number of hydrogen-bond donors (Lipinski definition) is 2. The first-order valence-electron chi connectivity index (χ1n) is 6.70. The van der Waals surface area contributed by atoms with Crippen molar-refractivity contribution in [3.05, 3.63) is 29.6 Å². The predicted octanol–water partition coefficient (Wildman–Crippen LogP) is 1.57. The molecule has 1 aliphatic rings. The zero-order valence-electron chi connectivity index (χ0n) is 11.8. The van der Waals surface area contributed by atoms with Gasteiger partial charge in [-0.25, -0.2) is 14.0 Å². The van der Waals surface area contributed by atoms with Gasteiger partial charge >= 0.3 is 12.0 Å². The lowest BCUT2D eigenvalue weighted by Gasteiger charge is -2.31. The molecule has 1 aromatic carbocycles. The summed E-state index contributed by atoms with van der Waals surface area (Å²) in [5.41, 5.74) is 5.76. The molecule has 0 atom stereocenters. The predicted molar refractivity (Wildman–Crippen MR) is 75.5 cm³/mol. The van der Waals surface area contributed by atoms with E-state index >= 15 is 0 Å². The minimum atomic E-state index is -0.512. The summed E-state index contributed by atoms with van der Waals surface area (Å²) in [7, 11) is 1.28. The van der Waals surface area contributed by atoms with Gasteiger partial charge in [0.05, 0.1) is 18.4 Å². The molecule has 0 unspecified atom stereocenters. The Balaban J connectivity index is 2.03. The summed E-state index contributed by atoms with van der Waals surface area (Å²) in [4.78, 5) is 24.1. The zero-order chi connectivity index (χ0) is 15.4. The molecule has 0 saturated carbocycles. The maximum Gasteiger partial charge on any atom is 0.337 e. The van der Waals surface area contributed by atoms with E-state index in [0.29, 0.717) is 25.9 Å². The molecule has 21 heavy (non-hydrogen) atoms. The number of ether oxygens (including phenoxy) is 1. The van der Waals surface area contributed by atoms with Gasteiger partial charge in [0.15, 0.2) is 0 Å². The van der Waals surface area contributed by atoms with E-state index in [1.807, 2.05) is 0 Å². The fourth-order valence-electron chi connectivity index (χ4n) is 2.34. The second-order valence-corrected chi connectivity index (χ2v) is 4.93. The number of likely N-dealkylation sites (tertiary alicyclic amines) is 1. The van der Waals surface area contributed by atoms with Crippen molar-refractivity contribution >= 4 is 17.7 Å². The first-order valence-corrected chi connectivity index (χ1v) is 6.70. The molecule has 1 fully saturated rings. The molecule has 1 heterocycles. The molecular weight excluding hydrogens is 277 g/mol. The summed E-state index contributed by atoms with van der Waals surface area (Å²) in [5.74, 6) is -0.943. The third-order valence-electron chi connectivity index (χ3n) is 3.55. The van der Waals surface area contributed by atoms with Crippen LogP contribution in [-0.4, -0.2) is 43.1 Å². The van der Waals surface area contributed by atoms with Gasteiger partial charge in [-0.05, 0) is 31.0 Å². The number of hydrogen-bond acceptors (Lipinski definition) is 4. The Labute approximate surface area is 122 Å². The number of rotatable bonds is 3. The van der Waals surface area contributed by atoms with Gasteiger partial charge < -0.3 is 20.7 Å². The number of nitrogens with two attached hydrogens (primary N) is 1. The minimum absolute atomic E-state index is 0.0306. The Kier molecular flexibility index (Phi) is 4.62. The largest absolute Gasteiger partial charge is 0.465 e. The highest BCUT2D eigenvalue weighted by Gasteiger charge is 2.22. The third kappa shape index (κ3) is 3.62. The van der Waals surface area contributed by atoms with E-state index in [4.69, 9.17) is 5.73 Å². The molecule has 2 amide bonds. The lowest BCUT2D eigenvalue weighted by molar-refractivity contribution is 0.0600. The van der Waals surface area contributed by atoms with Crippen LogP contribution in [0, 0.1) is 5.82 Å². The number of urea groups is 1. The van der Waals surface area contributed by atoms with Crippen molar-refractivity contribution in [2.24, 2.45) is 5.73 Å². The van der Waals surface area contributed by atoms with Crippen molar-refractivity contribution in [1.82, 2.24) is 4.90 Å². The number of primary amides is 1. The Morgan fingerprint density at radius 1 is 1.38 bits per heavy atom. The number of esters is 1. The summed E-state index contributed by atoms with van der Waals surface area (Å²) < 4.78 is 18.4. The van der Waals surface area contributed by atoms with Crippen molar-refractivity contribution in [2.75, 3.05) is 25.5 Å². The number of anilines is 1. The molecule has 114 valence electrons. The van der Waals surface area contributed by atoms with E-state index in [1.165, 1.54) is 25.3 Å².